The fraction of sp³-hybridized carbons (Fsp3) is 0.316. The monoisotopic (exact) mass is 326 g/mol. The van der Waals surface area contributed by atoms with Crippen LogP contribution in [0.3, 0.4) is 0 Å². The molecule has 1 atom stereocenters. The van der Waals surface area contributed by atoms with Crippen LogP contribution < -0.4 is 20.1 Å². The van der Waals surface area contributed by atoms with E-state index in [1.807, 2.05) is 49.4 Å². The Bertz CT molecular complexity index is 713. The van der Waals surface area contributed by atoms with Gasteiger partial charge in [0, 0.05) is 6.54 Å². The molecule has 0 bridgehead atoms. The quantitative estimate of drug-likeness (QED) is 0.908. The lowest BCUT2D eigenvalue weighted by Gasteiger charge is -2.26. The molecule has 0 aliphatic carbocycles. The maximum atomic E-state index is 12.1. The highest BCUT2D eigenvalue weighted by Gasteiger charge is 2.21. The van der Waals surface area contributed by atoms with Gasteiger partial charge in [-0.1, -0.05) is 29.8 Å². The summed E-state index contributed by atoms with van der Waals surface area (Å²) >= 11 is 0. The van der Waals surface area contributed by atoms with Crippen LogP contribution in [0, 0.1) is 6.92 Å². The molecule has 126 valence electrons. The molecule has 0 saturated heterocycles. The summed E-state index contributed by atoms with van der Waals surface area (Å²) < 4.78 is 11.0. The van der Waals surface area contributed by atoms with Crippen molar-refractivity contribution in [2.24, 2.45) is 0 Å². The predicted octanol–water partition coefficient (Wildman–Crippen LogP) is 2.81. The summed E-state index contributed by atoms with van der Waals surface area (Å²) in [6.45, 7) is 3.02. The van der Waals surface area contributed by atoms with Crippen molar-refractivity contribution >= 4 is 6.03 Å². The number of urea groups is 1. The highest BCUT2D eigenvalue weighted by molar-refractivity contribution is 5.74. The Morgan fingerprint density at radius 3 is 2.79 bits per heavy atom. The van der Waals surface area contributed by atoms with Crippen LogP contribution >= 0.6 is 0 Å². The van der Waals surface area contributed by atoms with Crippen LogP contribution in [0.4, 0.5) is 4.79 Å². The Hall–Kier alpha value is -2.69. The van der Waals surface area contributed by atoms with Crippen LogP contribution in [-0.2, 0) is 13.0 Å². The Balaban J connectivity index is 1.52. The minimum Gasteiger partial charge on any atom is -0.497 e. The fourth-order valence-electron chi connectivity index (χ4n) is 2.72. The van der Waals surface area contributed by atoms with Gasteiger partial charge in [0.1, 0.15) is 18.1 Å². The first-order chi connectivity index (χ1) is 11.6. The lowest BCUT2D eigenvalue weighted by molar-refractivity contribution is 0.214. The van der Waals surface area contributed by atoms with Crippen LogP contribution in [0.2, 0.25) is 0 Å². The van der Waals surface area contributed by atoms with Crippen molar-refractivity contribution in [3.05, 3.63) is 59.2 Å². The number of hydrogen-bond acceptors (Lipinski definition) is 3. The van der Waals surface area contributed by atoms with E-state index in [9.17, 15) is 4.79 Å². The smallest absolute Gasteiger partial charge is 0.315 e. The largest absolute Gasteiger partial charge is 0.497 e. The Morgan fingerprint density at radius 1 is 1.25 bits per heavy atom. The summed E-state index contributed by atoms with van der Waals surface area (Å²) in [4.78, 5) is 12.1. The zero-order valence-corrected chi connectivity index (χ0v) is 14.0. The number of benzene rings is 2. The maximum absolute atomic E-state index is 12.1. The fourth-order valence-corrected chi connectivity index (χ4v) is 2.72. The molecule has 0 aromatic heterocycles. The van der Waals surface area contributed by atoms with E-state index in [0.717, 1.165) is 29.0 Å². The summed E-state index contributed by atoms with van der Waals surface area (Å²) in [6, 6.07) is 13.6. The van der Waals surface area contributed by atoms with Crippen molar-refractivity contribution in [2.45, 2.75) is 25.9 Å². The van der Waals surface area contributed by atoms with Crippen LogP contribution in [0.15, 0.2) is 42.5 Å². The van der Waals surface area contributed by atoms with E-state index < -0.39 is 0 Å². The molecule has 3 rings (SSSR count). The van der Waals surface area contributed by atoms with Gasteiger partial charge >= 0.3 is 6.03 Å². The maximum Gasteiger partial charge on any atom is 0.315 e. The van der Waals surface area contributed by atoms with Crippen molar-refractivity contribution < 1.29 is 14.3 Å². The van der Waals surface area contributed by atoms with Gasteiger partial charge in [-0.15, -0.1) is 0 Å². The number of hydrogen-bond donors (Lipinski definition) is 2. The number of carbonyl (C=O) groups excluding carboxylic acids is 1. The van der Waals surface area contributed by atoms with Crippen molar-refractivity contribution in [1.29, 1.82) is 0 Å². The molecule has 24 heavy (non-hydrogen) atoms. The number of fused-ring (bicyclic) bond motifs is 1. The van der Waals surface area contributed by atoms with E-state index in [2.05, 4.69) is 10.6 Å². The number of nitrogens with one attached hydrogen (secondary N) is 2. The van der Waals surface area contributed by atoms with Crippen LogP contribution in [0.1, 0.15) is 16.7 Å². The average molecular weight is 326 g/mol. The number of rotatable bonds is 4. The van der Waals surface area contributed by atoms with Crippen LogP contribution in [0.5, 0.6) is 11.5 Å². The third kappa shape index (κ3) is 3.98. The SMILES string of the molecule is COc1ccc2c(c1)C[C@H](NC(=O)NCc1ccc(C)cc1)CO2. The van der Waals surface area contributed by atoms with Gasteiger partial charge in [0.2, 0.25) is 0 Å². The predicted molar refractivity (Wildman–Crippen MR) is 92.5 cm³/mol. The molecule has 0 spiro atoms. The highest BCUT2D eigenvalue weighted by atomic mass is 16.5. The molecular weight excluding hydrogens is 304 g/mol. The third-order valence-electron chi connectivity index (χ3n) is 4.08. The second-order valence-electron chi connectivity index (χ2n) is 6.00. The molecule has 0 radical (unpaired) electrons. The zero-order valence-electron chi connectivity index (χ0n) is 14.0. The summed E-state index contributed by atoms with van der Waals surface area (Å²) in [5.41, 5.74) is 3.33. The number of methoxy groups -OCH3 is 1. The Morgan fingerprint density at radius 2 is 2.04 bits per heavy atom. The summed E-state index contributed by atoms with van der Waals surface area (Å²) in [6.07, 6.45) is 0.727. The summed E-state index contributed by atoms with van der Waals surface area (Å²) in [7, 11) is 1.64. The van der Waals surface area contributed by atoms with Crippen molar-refractivity contribution in [2.75, 3.05) is 13.7 Å². The topological polar surface area (TPSA) is 59.6 Å². The molecule has 1 aliphatic heterocycles. The molecule has 0 fully saturated rings. The summed E-state index contributed by atoms with van der Waals surface area (Å²) in [5.74, 6) is 1.65. The van der Waals surface area contributed by atoms with Gasteiger partial charge in [-0.25, -0.2) is 4.79 Å². The lowest BCUT2D eigenvalue weighted by Crippen LogP contribution is -2.47. The molecule has 0 saturated carbocycles. The van der Waals surface area contributed by atoms with E-state index in [4.69, 9.17) is 9.47 Å². The van der Waals surface area contributed by atoms with Crippen LogP contribution in [-0.4, -0.2) is 25.8 Å². The second-order valence-corrected chi connectivity index (χ2v) is 6.00. The van der Waals surface area contributed by atoms with E-state index in [0.29, 0.717) is 13.2 Å². The Kier molecular flexibility index (Phi) is 4.89. The van der Waals surface area contributed by atoms with Crippen molar-refractivity contribution in [1.82, 2.24) is 10.6 Å². The minimum atomic E-state index is -0.185. The normalized spacial score (nSPS) is 15.8. The van der Waals surface area contributed by atoms with Crippen molar-refractivity contribution in [3.63, 3.8) is 0 Å². The van der Waals surface area contributed by atoms with Gasteiger partial charge in [0.15, 0.2) is 0 Å². The molecule has 1 aliphatic rings. The van der Waals surface area contributed by atoms with Crippen LogP contribution in [0.25, 0.3) is 0 Å². The molecule has 2 amide bonds. The average Bonchev–Trinajstić information content (AvgIpc) is 2.60. The molecule has 1 heterocycles. The number of ether oxygens (including phenoxy) is 2. The van der Waals surface area contributed by atoms with Gasteiger partial charge in [-0.2, -0.15) is 0 Å². The molecule has 2 aromatic rings. The van der Waals surface area contributed by atoms with E-state index in [1.165, 1.54) is 5.56 Å². The molecule has 5 nitrogen and oxygen atoms in total. The first-order valence-electron chi connectivity index (χ1n) is 8.03. The third-order valence-corrected chi connectivity index (χ3v) is 4.08. The molecule has 0 unspecified atom stereocenters. The number of carbonyl (C=O) groups is 1. The molecule has 2 N–H and O–H groups in total. The minimum absolute atomic E-state index is 0.0531. The zero-order chi connectivity index (χ0) is 16.9. The lowest BCUT2D eigenvalue weighted by atomic mass is 10.0. The van der Waals surface area contributed by atoms with Gasteiger partial charge < -0.3 is 20.1 Å². The van der Waals surface area contributed by atoms with Gasteiger partial charge in [-0.05, 0) is 42.7 Å². The van der Waals surface area contributed by atoms with E-state index in [-0.39, 0.29) is 12.1 Å². The van der Waals surface area contributed by atoms with Crippen molar-refractivity contribution in [3.8, 4) is 11.5 Å². The molecular formula is C19H22N2O3. The Labute approximate surface area is 142 Å². The molecule has 2 aromatic carbocycles. The molecule has 5 heteroatoms. The van der Waals surface area contributed by atoms with Gasteiger partial charge in [-0.3, -0.25) is 0 Å². The van der Waals surface area contributed by atoms with Gasteiger partial charge in [0.05, 0.1) is 13.2 Å². The number of amides is 2. The first-order valence-corrected chi connectivity index (χ1v) is 8.03. The van der Waals surface area contributed by atoms with Gasteiger partial charge in [0.25, 0.3) is 0 Å². The number of aryl methyl sites for hydroxylation is 1. The highest BCUT2D eigenvalue weighted by Crippen LogP contribution is 2.28. The second kappa shape index (κ2) is 7.25. The standard InChI is InChI=1S/C19H22N2O3/c1-13-3-5-14(6-4-13)11-20-19(22)21-16-9-15-10-17(23-2)7-8-18(15)24-12-16/h3-8,10,16H,9,11-12H2,1-2H3,(H2,20,21,22)/t16-/m0/s1. The van der Waals surface area contributed by atoms with E-state index >= 15 is 0 Å². The summed E-state index contributed by atoms with van der Waals surface area (Å²) in [5, 5.41) is 5.84. The first kappa shape index (κ1) is 16.2. The van der Waals surface area contributed by atoms with E-state index in [1.54, 1.807) is 7.11 Å².